The number of ether oxygens (including phenoxy) is 2. The van der Waals surface area contributed by atoms with Crippen LogP contribution < -0.4 is 0 Å². The fourth-order valence-electron chi connectivity index (χ4n) is 6.50. The third-order valence-corrected chi connectivity index (χ3v) is 10.5. The maximum absolute atomic E-state index is 12.2. The van der Waals surface area contributed by atoms with Gasteiger partial charge in [0.25, 0.3) is 0 Å². The number of carbonyl (C=O) groups excluding carboxylic acids is 2. The summed E-state index contributed by atoms with van der Waals surface area (Å²) in [4.78, 5) is 24.4. The van der Waals surface area contributed by atoms with E-state index < -0.39 is 6.10 Å². The minimum atomic E-state index is -0.814. The van der Waals surface area contributed by atoms with Gasteiger partial charge in [-0.15, -0.1) is 0 Å². The van der Waals surface area contributed by atoms with E-state index >= 15 is 0 Å². The largest absolute Gasteiger partial charge is 0.462 e. The highest BCUT2D eigenvalue weighted by molar-refractivity contribution is 5.70. The molecule has 1 unspecified atom stereocenters. The molecule has 0 aliphatic carbocycles. The van der Waals surface area contributed by atoms with E-state index in [4.69, 9.17) is 9.47 Å². The van der Waals surface area contributed by atoms with Crippen LogP contribution in [0.1, 0.15) is 194 Å². The predicted octanol–water partition coefficient (Wildman–Crippen LogP) is 18.2. The first-order valence-electron chi connectivity index (χ1n) is 26.7. The van der Waals surface area contributed by atoms with Crippen molar-refractivity contribution < 1.29 is 24.2 Å². The van der Waals surface area contributed by atoms with Crippen molar-refractivity contribution in [3.8, 4) is 0 Å². The summed E-state index contributed by atoms with van der Waals surface area (Å²) in [7, 11) is 0. The summed E-state index contributed by atoms with van der Waals surface area (Å²) < 4.78 is 10.6. The van der Waals surface area contributed by atoms with Gasteiger partial charge in [0.15, 0.2) is 6.10 Å². The van der Waals surface area contributed by atoms with E-state index in [1.165, 1.54) is 32.1 Å². The Balaban J connectivity index is 3.73. The van der Waals surface area contributed by atoms with E-state index in [9.17, 15) is 14.7 Å². The monoisotopic (exact) mass is 933 g/mol. The smallest absolute Gasteiger partial charge is 0.306 e. The standard InChI is InChI=1S/C63H96O5/c1-3-5-7-9-11-13-15-17-19-20-21-22-23-24-25-26-27-28-29-30-31-32-33-34-35-36-37-38-39-40-41-42-44-46-48-50-52-54-56-58-63(66)68-61(59-64)60-67-62(65)57-55-53-51-49-47-45-43-18-16-14-12-10-8-6-4-2/h5,7,11-14,17-19,21-22,24-25,27-28,30-31,33-34,36-37,39-40,42-44,48,50,61,64H,3-4,6,8-10,15-16,20,23,26,29,32,35,38,41,45-47,49,51-60H2,1-2H3/b7-5-,13-11-,14-12-,19-17-,22-21-,25-24-,28-27-,31-30-,34-33-,37-36-,40-39-,43-18-,44-42-,50-48-. The Hall–Kier alpha value is -4.74. The highest BCUT2D eigenvalue weighted by atomic mass is 16.6. The number of unbranched alkanes of at least 4 members (excludes halogenated alkanes) is 10. The van der Waals surface area contributed by atoms with Crippen molar-refractivity contribution in [2.45, 2.75) is 200 Å². The highest BCUT2D eigenvalue weighted by Gasteiger charge is 2.16. The molecule has 0 fully saturated rings. The van der Waals surface area contributed by atoms with Crippen LogP contribution >= 0.6 is 0 Å². The molecule has 5 nitrogen and oxygen atoms in total. The number of esters is 2. The van der Waals surface area contributed by atoms with Crippen molar-refractivity contribution in [1.29, 1.82) is 0 Å². The molecule has 0 aromatic heterocycles. The van der Waals surface area contributed by atoms with E-state index in [1.807, 2.05) is 0 Å². The first-order chi connectivity index (χ1) is 33.6. The summed E-state index contributed by atoms with van der Waals surface area (Å²) in [6.45, 7) is 3.93. The number of allylic oxidation sites excluding steroid dienone is 28. The van der Waals surface area contributed by atoms with Crippen LogP contribution in [0, 0.1) is 0 Å². The van der Waals surface area contributed by atoms with Gasteiger partial charge >= 0.3 is 11.9 Å². The zero-order chi connectivity index (χ0) is 49.2. The molecule has 0 aromatic rings. The number of hydrogen-bond donors (Lipinski definition) is 1. The molecule has 0 radical (unpaired) electrons. The normalized spacial score (nSPS) is 13.6. The maximum atomic E-state index is 12.2. The van der Waals surface area contributed by atoms with E-state index in [-0.39, 0.29) is 31.6 Å². The topological polar surface area (TPSA) is 72.8 Å². The Morgan fingerprint density at radius 3 is 0.985 bits per heavy atom. The Morgan fingerprint density at radius 2 is 0.632 bits per heavy atom. The van der Waals surface area contributed by atoms with Gasteiger partial charge in [-0.1, -0.05) is 216 Å². The number of aliphatic hydroxyl groups is 1. The van der Waals surface area contributed by atoms with Crippen LogP contribution in [0.25, 0.3) is 0 Å². The lowest BCUT2D eigenvalue weighted by atomic mass is 10.1. The summed E-state index contributed by atoms with van der Waals surface area (Å²) >= 11 is 0. The van der Waals surface area contributed by atoms with Gasteiger partial charge in [0.2, 0.25) is 0 Å². The van der Waals surface area contributed by atoms with Gasteiger partial charge in [-0.25, -0.2) is 0 Å². The molecule has 0 amide bonds. The van der Waals surface area contributed by atoms with Crippen LogP contribution in [0.2, 0.25) is 0 Å². The Bertz CT molecular complexity index is 1570. The first-order valence-corrected chi connectivity index (χ1v) is 26.7. The average molecular weight is 933 g/mol. The summed E-state index contributed by atoms with van der Waals surface area (Å²) in [5, 5.41) is 9.61. The molecule has 378 valence electrons. The van der Waals surface area contributed by atoms with Crippen LogP contribution in [-0.2, 0) is 19.1 Å². The second-order valence-electron chi connectivity index (χ2n) is 16.9. The predicted molar refractivity (Wildman–Crippen MR) is 297 cm³/mol. The van der Waals surface area contributed by atoms with E-state index in [1.54, 1.807) is 0 Å². The summed E-state index contributed by atoms with van der Waals surface area (Å²) in [6, 6.07) is 0. The minimum absolute atomic E-state index is 0.102. The van der Waals surface area contributed by atoms with E-state index in [2.05, 4.69) is 184 Å². The number of aliphatic hydroxyl groups excluding tert-OH is 1. The molecule has 0 aliphatic heterocycles. The van der Waals surface area contributed by atoms with Gasteiger partial charge in [-0.2, -0.15) is 0 Å². The lowest BCUT2D eigenvalue weighted by molar-refractivity contribution is -0.161. The molecule has 0 aromatic carbocycles. The van der Waals surface area contributed by atoms with Crippen molar-refractivity contribution in [2.24, 2.45) is 0 Å². The van der Waals surface area contributed by atoms with Crippen molar-refractivity contribution in [1.82, 2.24) is 0 Å². The molecule has 1 atom stereocenters. The lowest BCUT2D eigenvalue weighted by Gasteiger charge is -2.15. The van der Waals surface area contributed by atoms with Gasteiger partial charge in [0, 0.05) is 12.8 Å². The number of hydrogen-bond acceptors (Lipinski definition) is 5. The van der Waals surface area contributed by atoms with Crippen LogP contribution in [-0.4, -0.2) is 36.4 Å². The lowest BCUT2D eigenvalue weighted by Crippen LogP contribution is -2.28. The summed E-state index contributed by atoms with van der Waals surface area (Å²) in [6.07, 6.45) is 88.8. The molecular weight excluding hydrogens is 837 g/mol. The van der Waals surface area contributed by atoms with E-state index in [0.29, 0.717) is 12.8 Å². The van der Waals surface area contributed by atoms with Crippen LogP contribution in [0.5, 0.6) is 0 Å². The molecule has 5 heteroatoms. The Labute approximate surface area is 417 Å². The zero-order valence-electron chi connectivity index (χ0n) is 43.0. The van der Waals surface area contributed by atoms with Gasteiger partial charge in [0.05, 0.1) is 6.61 Å². The Morgan fingerprint density at radius 1 is 0.353 bits per heavy atom. The van der Waals surface area contributed by atoms with Gasteiger partial charge in [-0.05, 0) is 135 Å². The minimum Gasteiger partial charge on any atom is -0.462 e. The summed E-state index contributed by atoms with van der Waals surface area (Å²) in [5.74, 6) is -0.673. The van der Waals surface area contributed by atoms with Crippen LogP contribution in [0.3, 0.4) is 0 Å². The third kappa shape index (κ3) is 53.9. The molecule has 0 bridgehead atoms. The molecule has 0 heterocycles. The molecule has 0 saturated carbocycles. The second kappa shape index (κ2) is 56.6. The van der Waals surface area contributed by atoms with Crippen molar-refractivity contribution >= 4 is 11.9 Å². The van der Waals surface area contributed by atoms with Gasteiger partial charge in [-0.3, -0.25) is 9.59 Å². The molecule has 0 aliphatic rings. The van der Waals surface area contributed by atoms with Gasteiger partial charge in [0.1, 0.15) is 6.61 Å². The van der Waals surface area contributed by atoms with Crippen molar-refractivity contribution in [3.63, 3.8) is 0 Å². The summed E-state index contributed by atoms with van der Waals surface area (Å²) in [5.41, 5.74) is 0. The number of carbonyl (C=O) groups is 2. The second-order valence-corrected chi connectivity index (χ2v) is 16.9. The molecule has 1 N–H and O–H groups in total. The van der Waals surface area contributed by atoms with Crippen molar-refractivity contribution in [2.75, 3.05) is 13.2 Å². The molecule has 68 heavy (non-hydrogen) atoms. The van der Waals surface area contributed by atoms with Gasteiger partial charge < -0.3 is 14.6 Å². The fourth-order valence-corrected chi connectivity index (χ4v) is 6.50. The Kier molecular flexibility index (Phi) is 52.6. The quantitative estimate of drug-likeness (QED) is 0.0374. The van der Waals surface area contributed by atoms with Crippen LogP contribution in [0.4, 0.5) is 0 Å². The maximum Gasteiger partial charge on any atom is 0.306 e. The third-order valence-electron chi connectivity index (χ3n) is 10.5. The van der Waals surface area contributed by atoms with E-state index in [0.717, 1.165) is 128 Å². The highest BCUT2D eigenvalue weighted by Crippen LogP contribution is 2.10. The van der Waals surface area contributed by atoms with Crippen LogP contribution in [0.15, 0.2) is 170 Å². The average Bonchev–Trinajstić information content (AvgIpc) is 3.34. The molecular formula is C63H96O5. The fraction of sp³-hybridized carbons (Fsp3) is 0.524. The number of rotatable bonds is 46. The van der Waals surface area contributed by atoms with Crippen molar-refractivity contribution in [3.05, 3.63) is 170 Å². The SMILES string of the molecule is CC/C=C\C/C=C\C/C=C\C/C=C\C/C=C\C/C=C\C/C=C\C/C=C\C/C=C\C/C=C\C/C=C\C/C=C\CCCCC(=O)OC(CO)COC(=O)CCCCCCC/C=C\C/C=C\CCCCC. The molecule has 0 spiro atoms. The molecule has 0 rings (SSSR count). The molecule has 0 saturated heterocycles. The zero-order valence-corrected chi connectivity index (χ0v) is 43.0. The first kappa shape index (κ1) is 63.3.